The average molecular weight is 765 g/mol. The van der Waals surface area contributed by atoms with Gasteiger partial charge in [0.25, 0.3) is 0 Å². The number of aliphatic imine (C=N–C) groups is 1. The molecule has 0 bridgehead atoms. The van der Waals surface area contributed by atoms with Gasteiger partial charge in [0.2, 0.25) is 12.0 Å². The van der Waals surface area contributed by atoms with Crippen LogP contribution >= 0.6 is 0 Å². The third-order valence-corrected chi connectivity index (χ3v) is 11.3. The smallest absolute Gasteiger partial charge is 0.311 e. The highest BCUT2D eigenvalue weighted by molar-refractivity contribution is 6.06. The van der Waals surface area contributed by atoms with E-state index in [1.807, 2.05) is 18.2 Å². The van der Waals surface area contributed by atoms with Gasteiger partial charge in [0.05, 0.1) is 44.3 Å². The maximum atomic E-state index is 12.3. The molecule has 17 nitrogen and oxygen atoms in total. The summed E-state index contributed by atoms with van der Waals surface area (Å²) in [6, 6.07) is 7.38. The molecule has 1 aliphatic carbocycles. The minimum absolute atomic E-state index is 0.167. The lowest BCUT2D eigenvalue weighted by molar-refractivity contribution is -0.848. The first kappa shape index (κ1) is 37.2. The molecule has 2 aromatic carbocycles. The fourth-order valence-corrected chi connectivity index (χ4v) is 8.92. The minimum Gasteiger partial charge on any atom is -0.550 e. The molecule has 1 saturated carbocycles. The molecule has 6 aliphatic rings. The Bertz CT molecular complexity index is 1960. The summed E-state index contributed by atoms with van der Waals surface area (Å²) in [6.07, 6.45) is -4.21. The topological polar surface area (TPSA) is 251 Å². The van der Waals surface area contributed by atoms with Gasteiger partial charge in [-0.2, -0.15) is 0 Å². The Morgan fingerprint density at radius 2 is 1.87 bits per heavy atom. The van der Waals surface area contributed by atoms with Crippen molar-refractivity contribution in [3.8, 4) is 28.7 Å². The number of fused-ring (bicyclic) bond motifs is 7. The van der Waals surface area contributed by atoms with Crippen LogP contribution in [0.2, 0.25) is 0 Å². The number of hydrogen-bond donors (Lipinski definition) is 6. The zero-order valence-electron chi connectivity index (χ0n) is 30.2. The van der Waals surface area contributed by atoms with Gasteiger partial charge in [0.1, 0.15) is 72.6 Å². The van der Waals surface area contributed by atoms with E-state index in [9.17, 15) is 30.0 Å². The number of carboxylic acid groups (broad SMARTS) is 1. The number of nitrogens with one attached hydrogen (secondary N) is 1. The Morgan fingerprint density at radius 1 is 1.09 bits per heavy atom. The van der Waals surface area contributed by atoms with Gasteiger partial charge in [-0.3, -0.25) is 14.7 Å². The number of aliphatic carboxylic acids is 1. The molecule has 2 aromatic rings. The Hall–Kier alpha value is -4.75. The molecule has 0 amide bonds. The number of benzene rings is 2. The summed E-state index contributed by atoms with van der Waals surface area (Å²) >= 11 is 0. The zero-order chi connectivity index (χ0) is 38.8. The second-order valence-corrected chi connectivity index (χ2v) is 14.7. The molecule has 0 aromatic heterocycles. The number of rotatable bonds is 11. The molecule has 8 N–H and O–H groups in total. The second kappa shape index (κ2) is 14.4. The molecule has 8 rings (SSSR count). The second-order valence-electron chi connectivity index (χ2n) is 14.7. The molecule has 1 spiro atoms. The third kappa shape index (κ3) is 6.48. The Kier molecular flexibility index (Phi) is 9.73. The summed E-state index contributed by atoms with van der Waals surface area (Å²) in [7, 11) is 3.16. The summed E-state index contributed by atoms with van der Waals surface area (Å²) < 4.78 is 42.8. The Labute approximate surface area is 315 Å². The molecular weight excluding hydrogens is 720 g/mol. The Morgan fingerprint density at radius 3 is 2.56 bits per heavy atom. The van der Waals surface area contributed by atoms with Crippen molar-refractivity contribution in [1.82, 2.24) is 0 Å². The van der Waals surface area contributed by atoms with Crippen LogP contribution in [0.5, 0.6) is 28.7 Å². The standard InChI is InChI=1S/C38H44N4O13/c1-49-22-6-5-20-27-33(53-31(20)32(22)50-2)26-18(15-42-14-17-7-10-41-21(17)16-42)11-19(12-23(26)55-38(27)8-3-4-9-38)51-37-30(48)28(46)29(47)34(54-37)35(36(39)40)52-25(45)13-24(43)44/h5-7,10-12,14,27-30,33-37,46-48H,3-4,8-9,13,15-16,39-40H2,1-2H3,(H,43,44)/t27-,28-,29-,30+,33+,34-,35-,37-/m0/s1. The number of aliphatic hydroxyl groups excluding tert-OH is 3. The van der Waals surface area contributed by atoms with Crippen LogP contribution in [-0.4, -0.2) is 102 Å². The van der Waals surface area contributed by atoms with Crippen LogP contribution < -0.4 is 45.2 Å². The molecule has 1 unspecified atom stereocenters. The van der Waals surface area contributed by atoms with Crippen molar-refractivity contribution >= 4 is 17.7 Å². The summed E-state index contributed by atoms with van der Waals surface area (Å²) in [5.41, 5.74) is 15.7. The summed E-state index contributed by atoms with van der Waals surface area (Å²) in [5, 5.41) is 43.9. The van der Waals surface area contributed by atoms with Crippen LogP contribution in [0, 0.1) is 0 Å². The van der Waals surface area contributed by atoms with E-state index in [-0.39, 0.29) is 11.7 Å². The van der Waals surface area contributed by atoms with Crippen LogP contribution in [-0.2, 0) is 25.6 Å². The molecule has 5 heterocycles. The van der Waals surface area contributed by atoms with Gasteiger partial charge in [0.15, 0.2) is 17.6 Å². The highest BCUT2D eigenvalue weighted by Crippen LogP contribution is 2.64. The highest BCUT2D eigenvalue weighted by atomic mass is 16.7. The molecule has 55 heavy (non-hydrogen) atoms. The van der Waals surface area contributed by atoms with Gasteiger partial charge in [-0.05, 0) is 43.9 Å². The summed E-state index contributed by atoms with van der Waals surface area (Å²) in [4.78, 5) is 28.9. The zero-order valence-corrected chi connectivity index (χ0v) is 30.2. The first-order valence-corrected chi connectivity index (χ1v) is 18.3. The quantitative estimate of drug-likeness (QED) is 0.0853. The number of esters is 1. The largest absolute Gasteiger partial charge is 0.550 e. The number of methoxy groups -OCH3 is 2. The van der Waals surface area contributed by atoms with E-state index >= 15 is 0 Å². The molecule has 294 valence electrons. The molecular formula is C38H44N4O13. The van der Waals surface area contributed by atoms with Crippen molar-refractivity contribution < 1.29 is 68.1 Å². The predicted octanol–water partition coefficient (Wildman–Crippen LogP) is -1.64. The fraction of sp³-hybridized carbons (Fsp3) is 0.500. The fourth-order valence-electron chi connectivity index (χ4n) is 8.92. The van der Waals surface area contributed by atoms with Gasteiger partial charge in [-0.1, -0.05) is 6.07 Å². The number of carbonyl (C=O) groups excluding carboxylic acids is 2. The first-order chi connectivity index (χ1) is 26.4. The lowest BCUT2D eigenvalue weighted by Gasteiger charge is -2.45. The number of aliphatic hydroxyl groups is 3. The van der Waals surface area contributed by atoms with Crippen molar-refractivity contribution in [2.24, 2.45) is 16.5 Å². The van der Waals surface area contributed by atoms with E-state index in [4.69, 9.17) is 44.6 Å². The number of carbonyl (C=O) groups is 2. The monoisotopic (exact) mass is 764 g/mol. The van der Waals surface area contributed by atoms with E-state index in [2.05, 4.69) is 11.2 Å². The van der Waals surface area contributed by atoms with Crippen LogP contribution in [0.3, 0.4) is 0 Å². The number of nitrogens with zero attached hydrogens (tertiary/aromatic N) is 1. The maximum absolute atomic E-state index is 12.3. The van der Waals surface area contributed by atoms with Crippen LogP contribution in [0.1, 0.15) is 60.8 Å². The van der Waals surface area contributed by atoms with Crippen molar-refractivity contribution in [2.45, 2.75) is 99.2 Å². The minimum atomic E-state index is -1.87. The van der Waals surface area contributed by atoms with E-state index in [0.29, 0.717) is 36.1 Å². The lowest BCUT2D eigenvalue weighted by atomic mass is 9.73. The number of quaternary nitrogens is 1. The molecule has 2 fully saturated rings. The number of ether oxygens (including phenoxy) is 7. The number of nitrogens with two attached hydrogens (primary N) is 2. The lowest BCUT2D eigenvalue weighted by Crippen LogP contribution is -3.05. The maximum Gasteiger partial charge on any atom is 0.311 e. The van der Waals surface area contributed by atoms with E-state index < -0.39 is 73.0 Å². The van der Waals surface area contributed by atoms with Crippen molar-refractivity contribution in [2.75, 3.05) is 20.8 Å². The van der Waals surface area contributed by atoms with Crippen molar-refractivity contribution in [1.29, 1.82) is 0 Å². The summed E-state index contributed by atoms with van der Waals surface area (Å²) in [6.45, 7) is 1.10. The van der Waals surface area contributed by atoms with Gasteiger partial charge < -0.3 is 69.8 Å². The molecule has 9 atom stereocenters. The van der Waals surface area contributed by atoms with Gasteiger partial charge in [-0.25, -0.2) is 0 Å². The van der Waals surface area contributed by atoms with Crippen molar-refractivity contribution in [3.63, 3.8) is 0 Å². The van der Waals surface area contributed by atoms with Gasteiger partial charge in [-0.15, -0.1) is 0 Å². The number of carboxylic acids is 1. The predicted molar refractivity (Wildman–Crippen MR) is 187 cm³/mol. The highest BCUT2D eigenvalue weighted by Gasteiger charge is 2.58. The third-order valence-electron chi connectivity index (χ3n) is 11.3. The Balaban J connectivity index is 1.18. The van der Waals surface area contributed by atoms with Crippen LogP contribution in [0.15, 0.2) is 53.3 Å². The first-order valence-electron chi connectivity index (χ1n) is 18.3. The molecule has 5 aliphatic heterocycles. The van der Waals surface area contributed by atoms with E-state index in [1.54, 1.807) is 32.6 Å². The molecule has 0 radical (unpaired) electrons. The average Bonchev–Trinajstić information content (AvgIpc) is 3.94. The molecule has 1 saturated heterocycles. The van der Waals surface area contributed by atoms with E-state index in [0.717, 1.165) is 58.6 Å². The SMILES string of the molecule is COc1ccc2c(c1OC)O[C@@H]1c3c(C[NH+]4C=C5C=CN=C5C4)cc(O[C@H]4O[C@H]([C@H](OC(=O)CC(=O)[O-])C(N)N)[C@@H](O)[C@H](O)[C@H]4O)cc3OC3(CCCC3)[C@@H]21. The van der Waals surface area contributed by atoms with E-state index in [1.165, 1.54) is 0 Å². The summed E-state index contributed by atoms with van der Waals surface area (Å²) in [5.74, 6) is -0.781. The van der Waals surface area contributed by atoms with Gasteiger partial charge in [0, 0.05) is 29.0 Å². The number of hydrogen-bond acceptors (Lipinski definition) is 16. The van der Waals surface area contributed by atoms with Crippen molar-refractivity contribution in [3.05, 3.63) is 65.0 Å². The van der Waals surface area contributed by atoms with Crippen LogP contribution in [0.4, 0.5) is 0 Å². The molecule has 17 heteroatoms. The van der Waals surface area contributed by atoms with Gasteiger partial charge >= 0.3 is 5.97 Å². The van der Waals surface area contributed by atoms with Crippen LogP contribution in [0.25, 0.3) is 0 Å². The normalized spacial score (nSPS) is 30.0. The number of allylic oxidation sites excluding steroid dienone is 1.